The van der Waals surface area contributed by atoms with Crippen LogP contribution in [0.15, 0.2) is 17.2 Å². The summed E-state index contributed by atoms with van der Waals surface area (Å²) in [5.41, 5.74) is 0.301. The van der Waals surface area contributed by atoms with Crippen molar-refractivity contribution in [2.24, 2.45) is 5.92 Å². The molecular weight excluding hydrogens is 368 g/mol. The number of likely N-dealkylation sites (tertiary alicyclic amines) is 1. The van der Waals surface area contributed by atoms with Gasteiger partial charge in [0.05, 0.1) is 5.92 Å². The number of nitrogens with one attached hydrogen (secondary N) is 2. The number of H-pyrrole nitrogens is 1. The maximum absolute atomic E-state index is 13.0. The van der Waals surface area contributed by atoms with Crippen LogP contribution in [0.2, 0.25) is 0 Å². The second-order valence-corrected chi connectivity index (χ2v) is 9.67. The van der Waals surface area contributed by atoms with Crippen molar-refractivity contribution in [3.63, 3.8) is 0 Å². The lowest BCUT2D eigenvalue weighted by Crippen LogP contribution is -2.45. The van der Waals surface area contributed by atoms with E-state index < -0.39 is 10.0 Å². The van der Waals surface area contributed by atoms with Crippen molar-refractivity contribution < 1.29 is 18.0 Å². The smallest absolute Gasteiger partial charge is 0.270 e. The zero-order chi connectivity index (χ0) is 19.0. The normalized spacial score (nSPS) is 24.1. The van der Waals surface area contributed by atoms with Crippen molar-refractivity contribution in [2.75, 3.05) is 26.2 Å². The Morgan fingerprint density at radius 3 is 2.52 bits per heavy atom. The van der Waals surface area contributed by atoms with Gasteiger partial charge in [-0.05, 0) is 44.6 Å². The molecule has 2 amide bonds. The average molecular weight is 394 g/mol. The first-order chi connectivity index (χ1) is 12.9. The first kappa shape index (κ1) is 18.5. The lowest BCUT2D eigenvalue weighted by atomic mass is 9.99. The number of sulfonamides is 1. The van der Waals surface area contributed by atoms with Crippen molar-refractivity contribution in [1.82, 2.24) is 19.5 Å². The SMILES string of the molecule is O=C(NC1CC1)[C@H]1CCCN(S(=O)(=O)c2c[nH]c(C(=O)N3CCCC3)c2)C1. The molecule has 27 heavy (non-hydrogen) atoms. The molecule has 0 unspecified atom stereocenters. The lowest BCUT2D eigenvalue weighted by molar-refractivity contribution is -0.126. The number of hydrogen-bond acceptors (Lipinski definition) is 4. The van der Waals surface area contributed by atoms with Gasteiger partial charge >= 0.3 is 0 Å². The van der Waals surface area contributed by atoms with Crippen LogP contribution in [0.3, 0.4) is 0 Å². The molecule has 1 aromatic heterocycles. The molecule has 0 spiro atoms. The van der Waals surface area contributed by atoms with Crippen molar-refractivity contribution in [2.45, 2.75) is 49.5 Å². The summed E-state index contributed by atoms with van der Waals surface area (Å²) in [4.78, 5) is 29.4. The first-order valence-corrected chi connectivity index (χ1v) is 11.2. The minimum Gasteiger partial charge on any atom is -0.356 e. The quantitative estimate of drug-likeness (QED) is 0.775. The largest absolute Gasteiger partial charge is 0.356 e. The van der Waals surface area contributed by atoms with E-state index in [0.29, 0.717) is 38.2 Å². The highest BCUT2D eigenvalue weighted by Gasteiger charge is 2.36. The van der Waals surface area contributed by atoms with Gasteiger partial charge in [-0.25, -0.2) is 8.42 Å². The van der Waals surface area contributed by atoms with E-state index in [1.807, 2.05) is 0 Å². The fourth-order valence-corrected chi connectivity index (χ4v) is 5.33. The summed E-state index contributed by atoms with van der Waals surface area (Å²) in [6.07, 6.45) is 6.73. The Hall–Kier alpha value is -1.87. The lowest BCUT2D eigenvalue weighted by Gasteiger charge is -2.30. The zero-order valence-corrected chi connectivity index (χ0v) is 16.1. The van der Waals surface area contributed by atoms with Crippen LogP contribution in [-0.4, -0.2) is 66.6 Å². The molecule has 3 aliphatic rings. The van der Waals surface area contributed by atoms with E-state index in [1.54, 1.807) is 4.90 Å². The monoisotopic (exact) mass is 394 g/mol. The summed E-state index contributed by atoms with van der Waals surface area (Å²) in [7, 11) is -3.73. The van der Waals surface area contributed by atoms with Gasteiger partial charge in [0.2, 0.25) is 15.9 Å². The Bertz CT molecular complexity index is 824. The van der Waals surface area contributed by atoms with Gasteiger partial charge in [0.15, 0.2) is 0 Å². The number of carbonyl (C=O) groups excluding carboxylic acids is 2. The molecule has 2 N–H and O–H groups in total. The average Bonchev–Trinajstić information content (AvgIpc) is 3.16. The van der Waals surface area contributed by atoms with Crippen molar-refractivity contribution >= 4 is 21.8 Å². The number of aromatic amines is 1. The van der Waals surface area contributed by atoms with Crippen LogP contribution in [0.5, 0.6) is 0 Å². The molecule has 0 aromatic carbocycles. The maximum atomic E-state index is 13.0. The summed E-state index contributed by atoms with van der Waals surface area (Å²) < 4.78 is 27.4. The van der Waals surface area contributed by atoms with Gasteiger partial charge < -0.3 is 15.2 Å². The third kappa shape index (κ3) is 3.89. The Morgan fingerprint density at radius 2 is 1.81 bits per heavy atom. The molecule has 2 aliphatic heterocycles. The van der Waals surface area contributed by atoms with Crippen molar-refractivity contribution in [3.05, 3.63) is 18.0 Å². The number of nitrogens with zero attached hydrogens (tertiary/aromatic N) is 2. The number of amides is 2. The van der Waals surface area contributed by atoms with Crippen LogP contribution in [-0.2, 0) is 14.8 Å². The van der Waals surface area contributed by atoms with Crippen LogP contribution >= 0.6 is 0 Å². The molecule has 3 fully saturated rings. The molecule has 9 heteroatoms. The first-order valence-electron chi connectivity index (χ1n) is 9.73. The molecule has 0 radical (unpaired) electrons. The molecule has 1 aromatic rings. The number of rotatable bonds is 5. The van der Waals surface area contributed by atoms with Gasteiger partial charge in [0.25, 0.3) is 5.91 Å². The van der Waals surface area contributed by atoms with Crippen molar-refractivity contribution in [1.29, 1.82) is 0 Å². The van der Waals surface area contributed by atoms with E-state index in [1.165, 1.54) is 16.6 Å². The highest BCUT2D eigenvalue weighted by molar-refractivity contribution is 7.89. The topological polar surface area (TPSA) is 103 Å². The van der Waals surface area contributed by atoms with Crippen LogP contribution < -0.4 is 5.32 Å². The van der Waals surface area contributed by atoms with E-state index >= 15 is 0 Å². The highest BCUT2D eigenvalue weighted by Crippen LogP contribution is 2.26. The fraction of sp³-hybridized carbons (Fsp3) is 0.667. The van der Waals surface area contributed by atoms with Crippen LogP contribution in [0.1, 0.15) is 49.0 Å². The van der Waals surface area contributed by atoms with Gasteiger partial charge in [0.1, 0.15) is 10.6 Å². The van der Waals surface area contributed by atoms with E-state index in [-0.39, 0.29) is 35.2 Å². The Labute approximate surface area is 159 Å². The standard InChI is InChI=1S/C18H26N4O4S/c23-17(20-14-5-6-14)13-4-3-9-22(12-13)27(25,26)15-10-16(19-11-15)18(24)21-7-1-2-8-21/h10-11,13-14,19H,1-9,12H2,(H,20,23)/t13-/m0/s1. The Balaban J connectivity index is 1.45. The van der Waals surface area contributed by atoms with E-state index in [0.717, 1.165) is 25.7 Å². The number of aromatic nitrogens is 1. The highest BCUT2D eigenvalue weighted by atomic mass is 32.2. The zero-order valence-electron chi connectivity index (χ0n) is 15.3. The summed E-state index contributed by atoms with van der Waals surface area (Å²) in [6.45, 7) is 2.02. The van der Waals surface area contributed by atoms with Crippen LogP contribution in [0.4, 0.5) is 0 Å². The Morgan fingerprint density at radius 1 is 1.07 bits per heavy atom. The van der Waals surface area contributed by atoms with Gasteiger partial charge in [-0.1, -0.05) is 0 Å². The predicted molar refractivity (Wildman–Crippen MR) is 98.6 cm³/mol. The number of piperidine rings is 1. The molecule has 8 nitrogen and oxygen atoms in total. The number of hydrogen-bond donors (Lipinski definition) is 2. The van der Waals surface area contributed by atoms with Crippen LogP contribution in [0, 0.1) is 5.92 Å². The van der Waals surface area contributed by atoms with Crippen LogP contribution in [0.25, 0.3) is 0 Å². The second-order valence-electron chi connectivity index (χ2n) is 7.73. The molecule has 1 aliphatic carbocycles. The molecule has 2 saturated heterocycles. The Kier molecular flexibility index (Phi) is 4.98. The molecule has 3 heterocycles. The third-order valence-corrected chi connectivity index (χ3v) is 7.44. The molecule has 1 saturated carbocycles. The number of carbonyl (C=O) groups is 2. The summed E-state index contributed by atoms with van der Waals surface area (Å²) in [5.74, 6) is -0.510. The fourth-order valence-electron chi connectivity index (χ4n) is 3.81. The van der Waals surface area contributed by atoms with Gasteiger partial charge in [-0.2, -0.15) is 4.31 Å². The molecular formula is C18H26N4O4S. The van der Waals surface area contributed by atoms with E-state index in [4.69, 9.17) is 0 Å². The van der Waals surface area contributed by atoms with E-state index in [2.05, 4.69) is 10.3 Å². The van der Waals surface area contributed by atoms with Crippen molar-refractivity contribution in [3.8, 4) is 0 Å². The minimum atomic E-state index is -3.73. The molecule has 1 atom stereocenters. The summed E-state index contributed by atoms with van der Waals surface area (Å²) in [6, 6.07) is 1.69. The van der Waals surface area contributed by atoms with Gasteiger partial charge in [-0.3, -0.25) is 9.59 Å². The molecule has 148 valence electrons. The molecule has 0 bridgehead atoms. The predicted octanol–water partition coefficient (Wildman–Crippen LogP) is 0.930. The van der Waals surface area contributed by atoms with Gasteiger partial charge in [-0.15, -0.1) is 0 Å². The second kappa shape index (κ2) is 7.27. The van der Waals surface area contributed by atoms with E-state index in [9.17, 15) is 18.0 Å². The maximum Gasteiger partial charge on any atom is 0.270 e. The molecule has 4 rings (SSSR count). The summed E-state index contributed by atoms with van der Waals surface area (Å²) >= 11 is 0. The minimum absolute atomic E-state index is 0.0450. The third-order valence-electron chi connectivity index (χ3n) is 5.60. The summed E-state index contributed by atoms with van der Waals surface area (Å²) in [5, 5.41) is 2.97. The van der Waals surface area contributed by atoms with Gasteiger partial charge in [0, 0.05) is 38.4 Å².